The third-order valence-electron chi connectivity index (χ3n) is 5.04. The van der Waals surface area contributed by atoms with Gasteiger partial charge in [-0.3, -0.25) is 9.59 Å². The van der Waals surface area contributed by atoms with E-state index >= 15 is 0 Å². The van der Waals surface area contributed by atoms with Crippen molar-refractivity contribution in [1.29, 1.82) is 0 Å². The number of nitrogens with one attached hydrogen (secondary N) is 2. The number of nitrogen functional groups attached to an aromatic ring is 1. The molecular weight excluding hydrogens is 491 g/mol. The predicted octanol–water partition coefficient (Wildman–Crippen LogP) is 6.23. The summed E-state index contributed by atoms with van der Waals surface area (Å²) in [6.07, 6.45) is 0. The second kappa shape index (κ2) is 11.3. The van der Waals surface area contributed by atoms with Gasteiger partial charge in [-0.05, 0) is 60.7 Å². The molecule has 0 atom stereocenters. The molecule has 4 N–H and O–H groups in total. The molecule has 0 unspecified atom stereocenters. The molecule has 0 saturated carbocycles. The van der Waals surface area contributed by atoms with Gasteiger partial charge in [0.05, 0.1) is 16.8 Å². The third-order valence-corrected chi connectivity index (χ3v) is 6.79. The molecule has 188 valence electrons. The molecule has 0 radical (unpaired) electrons. The molecule has 0 heterocycles. The molecule has 3 aromatic carbocycles. The maximum atomic E-state index is 12.9. The van der Waals surface area contributed by atoms with Gasteiger partial charge in [-0.1, -0.05) is 57.2 Å². The summed E-state index contributed by atoms with van der Waals surface area (Å²) in [6.45, 7) is 13.1. The van der Waals surface area contributed by atoms with Crippen molar-refractivity contribution in [3.63, 3.8) is 0 Å². The quantitative estimate of drug-likeness (QED) is 0.215. The normalized spacial score (nSPS) is 10.9. The minimum atomic E-state index is -1.46. The van der Waals surface area contributed by atoms with Gasteiger partial charge in [-0.15, -0.1) is 11.1 Å². The van der Waals surface area contributed by atoms with Crippen LogP contribution in [0.15, 0.2) is 66.7 Å². The average Bonchev–Trinajstić information content (AvgIpc) is 2.82. The van der Waals surface area contributed by atoms with Crippen LogP contribution >= 0.6 is 0 Å². The summed E-state index contributed by atoms with van der Waals surface area (Å²) in [7, 11) is -2.93. The Kier molecular flexibility index (Phi) is 8.44. The molecule has 0 aromatic heterocycles. The van der Waals surface area contributed by atoms with E-state index in [2.05, 4.69) is 72.8 Å². The summed E-state index contributed by atoms with van der Waals surface area (Å²) in [6, 6.07) is 19.5. The SMILES string of the molecule is C[Si](C)(C)C#Cc1ccc(NC(=O)c2cccc(C(=O)Nc3ccc(C#C[Si](C)(C)C)cc3)c2N)cc1. The fourth-order valence-electron chi connectivity index (χ4n) is 3.15. The fourth-order valence-corrected chi connectivity index (χ4v) is 4.19. The Morgan fingerprint density at radius 1 is 0.622 bits per heavy atom. The van der Waals surface area contributed by atoms with Crippen LogP contribution in [0.1, 0.15) is 31.8 Å². The van der Waals surface area contributed by atoms with Gasteiger partial charge in [0, 0.05) is 22.5 Å². The molecule has 3 aromatic rings. The molecule has 0 saturated heterocycles. The molecule has 3 rings (SSSR count). The van der Waals surface area contributed by atoms with E-state index in [1.165, 1.54) is 0 Å². The minimum Gasteiger partial charge on any atom is -0.397 e. The highest BCUT2D eigenvalue weighted by molar-refractivity contribution is 6.84. The van der Waals surface area contributed by atoms with Crippen molar-refractivity contribution in [3.05, 3.63) is 89.0 Å². The molecule has 37 heavy (non-hydrogen) atoms. The predicted molar refractivity (Wildman–Crippen MR) is 160 cm³/mol. The number of carbonyl (C=O) groups excluding carboxylic acids is 2. The maximum Gasteiger partial charge on any atom is 0.257 e. The number of hydrogen-bond donors (Lipinski definition) is 3. The first kappa shape index (κ1) is 27.5. The van der Waals surface area contributed by atoms with Gasteiger partial charge in [0.1, 0.15) is 16.1 Å². The van der Waals surface area contributed by atoms with Gasteiger partial charge in [0.15, 0.2) is 0 Å². The van der Waals surface area contributed by atoms with E-state index in [1.807, 2.05) is 24.3 Å². The monoisotopic (exact) mass is 523 g/mol. The molecule has 0 bridgehead atoms. The van der Waals surface area contributed by atoms with Crippen LogP contribution in [0.3, 0.4) is 0 Å². The molecular formula is C30H33N3O2Si2. The smallest absolute Gasteiger partial charge is 0.257 e. The molecule has 0 aliphatic heterocycles. The molecule has 2 amide bonds. The van der Waals surface area contributed by atoms with Gasteiger partial charge >= 0.3 is 0 Å². The molecule has 0 spiro atoms. The highest BCUT2D eigenvalue weighted by Gasteiger charge is 2.17. The van der Waals surface area contributed by atoms with E-state index in [1.54, 1.807) is 42.5 Å². The lowest BCUT2D eigenvalue weighted by atomic mass is 10.1. The van der Waals surface area contributed by atoms with E-state index in [-0.39, 0.29) is 16.8 Å². The second-order valence-corrected chi connectivity index (χ2v) is 20.3. The highest BCUT2D eigenvalue weighted by atomic mass is 28.3. The van der Waals surface area contributed by atoms with E-state index in [0.29, 0.717) is 11.4 Å². The minimum absolute atomic E-state index is 0.118. The number of hydrogen-bond acceptors (Lipinski definition) is 3. The first-order valence-electron chi connectivity index (χ1n) is 12.1. The van der Waals surface area contributed by atoms with Crippen LogP contribution < -0.4 is 16.4 Å². The number of nitrogens with two attached hydrogens (primary N) is 1. The van der Waals surface area contributed by atoms with Crippen molar-refractivity contribution in [2.75, 3.05) is 16.4 Å². The van der Waals surface area contributed by atoms with Gasteiger partial charge in [0.25, 0.3) is 11.8 Å². The first-order valence-corrected chi connectivity index (χ1v) is 19.1. The van der Waals surface area contributed by atoms with E-state index in [0.717, 1.165) is 11.1 Å². The highest BCUT2D eigenvalue weighted by Crippen LogP contribution is 2.21. The summed E-state index contributed by atoms with van der Waals surface area (Å²) in [4.78, 5) is 25.8. The summed E-state index contributed by atoms with van der Waals surface area (Å²) in [5.41, 5.74) is 16.5. The second-order valence-electron chi connectivity index (χ2n) is 10.8. The number of anilines is 3. The number of carbonyl (C=O) groups is 2. The lowest BCUT2D eigenvalue weighted by molar-refractivity contribution is 0.102. The zero-order chi connectivity index (χ0) is 27.2. The number of benzene rings is 3. The Labute approximate surface area is 221 Å². The topological polar surface area (TPSA) is 84.2 Å². The number of rotatable bonds is 4. The lowest BCUT2D eigenvalue weighted by Crippen LogP contribution is -2.19. The summed E-state index contributed by atoms with van der Waals surface area (Å²) in [5, 5.41) is 5.69. The van der Waals surface area contributed by atoms with Crippen molar-refractivity contribution < 1.29 is 9.59 Å². The molecule has 7 heteroatoms. The lowest BCUT2D eigenvalue weighted by Gasteiger charge is -2.12. The zero-order valence-corrected chi connectivity index (χ0v) is 24.2. The third kappa shape index (κ3) is 8.54. The van der Waals surface area contributed by atoms with Crippen LogP contribution in [-0.4, -0.2) is 28.0 Å². The van der Waals surface area contributed by atoms with Crippen LogP contribution in [0.5, 0.6) is 0 Å². The van der Waals surface area contributed by atoms with Crippen LogP contribution in [0.2, 0.25) is 39.3 Å². The van der Waals surface area contributed by atoms with E-state index < -0.39 is 28.0 Å². The van der Waals surface area contributed by atoms with Crippen molar-refractivity contribution in [2.45, 2.75) is 39.3 Å². The summed E-state index contributed by atoms with van der Waals surface area (Å²) >= 11 is 0. The van der Waals surface area contributed by atoms with Crippen molar-refractivity contribution in [2.24, 2.45) is 0 Å². The van der Waals surface area contributed by atoms with Gasteiger partial charge < -0.3 is 16.4 Å². The van der Waals surface area contributed by atoms with Crippen LogP contribution in [-0.2, 0) is 0 Å². The van der Waals surface area contributed by atoms with Gasteiger partial charge in [-0.25, -0.2) is 0 Å². The molecule has 0 fully saturated rings. The fraction of sp³-hybridized carbons (Fsp3) is 0.200. The van der Waals surface area contributed by atoms with Crippen molar-refractivity contribution in [1.82, 2.24) is 0 Å². The van der Waals surface area contributed by atoms with Crippen molar-refractivity contribution in [3.8, 4) is 22.9 Å². The standard InChI is InChI=1S/C30H33N3O2Si2/c1-36(2,3)20-18-22-10-14-24(15-11-22)32-29(34)26-8-7-9-27(28(26)31)30(35)33-25-16-12-23(13-17-25)19-21-37(4,5)6/h7-17H,31H2,1-6H3,(H,32,34)(H,33,35). The molecule has 0 aliphatic rings. The largest absolute Gasteiger partial charge is 0.397 e. The summed E-state index contributed by atoms with van der Waals surface area (Å²) < 4.78 is 0. The molecule has 5 nitrogen and oxygen atoms in total. The van der Waals surface area contributed by atoms with Crippen LogP contribution in [0, 0.1) is 22.9 Å². The Hall–Kier alpha value is -4.05. The Balaban J connectivity index is 1.70. The molecule has 0 aliphatic carbocycles. The number of para-hydroxylation sites is 1. The first-order chi connectivity index (χ1) is 17.3. The Morgan fingerprint density at radius 2 is 0.973 bits per heavy atom. The van der Waals surface area contributed by atoms with Crippen molar-refractivity contribution >= 4 is 45.0 Å². The van der Waals surface area contributed by atoms with E-state index in [9.17, 15) is 9.59 Å². The Bertz CT molecular complexity index is 1320. The van der Waals surface area contributed by atoms with Gasteiger partial charge in [0.2, 0.25) is 0 Å². The average molecular weight is 524 g/mol. The van der Waals surface area contributed by atoms with E-state index in [4.69, 9.17) is 5.73 Å². The zero-order valence-electron chi connectivity index (χ0n) is 22.2. The summed E-state index contributed by atoms with van der Waals surface area (Å²) in [5.74, 6) is 5.60. The number of amides is 2. The van der Waals surface area contributed by atoms with Crippen LogP contribution in [0.25, 0.3) is 0 Å². The van der Waals surface area contributed by atoms with Crippen LogP contribution in [0.4, 0.5) is 17.1 Å². The maximum absolute atomic E-state index is 12.9. The van der Waals surface area contributed by atoms with Gasteiger partial charge in [-0.2, -0.15) is 0 Å². The Morgan fingerprint density at radius 3 is 1.30 bits per heavy atom.